The summed E-state index contributed by atoms with van der Waals surface area (Å²) in [5.41, 5.74) is -0.668. The molecule has 0 aromatic rings. The smallest absolute Gasteiger partial charge is 0.166 e. The standard InChI is InChI=1S/C22H42O4Si/c1-7-13-16-23-19(10-4)22(26-27,20(11-5)24-17-14-8-2)21(12-6)25-18-15-9-3/h13-21H,7-12H2,1-6,27H3. The van der Waals surface area contributed by atoms with E-state index in [2.05, 4.69) is 41.5 Å². The second-order valence-electron chi connectivity index (χ2n) is 6.50. The van der Waals surface area contributed by atoms with Crippen LogP contribution in [0.25, 0.3) is 0 Å². The lowest BCUT2D eigenvalue weighted by Crippen LogP contribution is -2.62. The van der Waals surface area contributed by atoms with Gasteiger partial charge in [-0.1, -0.05) is 59.8 Å². The number of ether oxygens (including phenoxy) is 3. The van der Waals surface area contributed by atoms with Crippen molar-refractivity contribution in [2.45, 2.75) is 104 Å². The Morgan fingerprint density at radius 1 is 0.630 bits per heavy atom. The molecule has 0 radical (unpaired) electrons. The topological polar surface area (TPSA) is 36.9 Å². The quantitative estimate of drug-likeness (QED) is 0.265. The number of hydrogen-bond acceptors (Lipinski definition) is 4. The van der Waals surface area contributed by atoms with Gasteiger partial charge >= 0.3 is 0 Å². The van der Waals surface area contributed by atoms with E-state index in [1.54, 1.807) is 18.8 Å². The van der Waals surface area contributed by atoms with Crippen LogP contribution in [0.5, 0.6) is 0 Å². The lowest BCUT2D eigenvalue weighted by Gasteiger charge is -2.47. The summed E-state index contributed by atoms with van der Waals surface area (Å²) in [5, 5.41) is 0. The zero-order valence-electron chi connectivity index (χ0n) is 18.6. The van der Waals surface area contributed by atoms with E-state index >= 15 is 0 Å². The maximum absolute atomic E-state index is 6.35. The normalized spacial score (nSPS) is 18.0. The highest BCUT2D eigenvalue weighted by molar-refractivity contribution is 5.98. The van der Waals surface area contributed by atoms with Crippen molar-refractivity contribution in [3.05, 3.63) is 37.0 Å². The Balaban J connectivity index is 6.02. The van der Waals surface area contributed by atoms with E-state index in [9.17, 15) is 0 Å². The highest BCUT2D eigenvalue weighted by Crippen LogP contribution is 2.36. The molecule has 4 nitrogen and oxygen atoms in total. The van der Waals surface area contributed by atoms with E-state index in [1.807, 2.05) is 18.2 Å². The van der Waals surface area contributed by atoms with Gasteiger partial charge < -0.3 is 18.6 Å². The SMILES string of the molecule is CCC=COC(CC)C(O[SiH3])(C(CC)OC=CCC)C(CC)OC=CCC. The predicted octanol–water partition coefficient (Wildman–Crippen LogP) is 5.18. The minimum absolute atomic E-state index is 0.155. The average molecular weight is 399 g/mol. The fourth-order valence-electron chi connectivity index (χ4n) is 3.32. The highest BCUT2D eigenvalue weighted by atomic mass is 28.2. The van der Waals surface area contributed by atoms with Crippen LogP contribution >= 0.6 is 0 Å². The van der Waals surface area contributed by atoms with E-state index in [0.717, 1.165) is 38.5 Å². The van der Waals surface area contributed by atoms with Gasteiger partial charge in [0.1, 0.15) is 28.8 Å². The van der Waals surface area contributed by atoms with Crippen molar-refractivity contribution in [1.29, 1.82) is 0 Å². The van der Waals surface area contributed by atoms with Gasteiger partial charge in [-0.2, -0.15) is 0 Å². The van der Waals surface area contributed by atoms with Gasteiger partial charge in [0.2, 0.25) is 0 Å². The molecule has 5 heteroatoms. The molecule has 0 aromatic heterocycles. The Bertz CT molecular complexity index is 374. The monoisotopic (exact) mass is 398 g/mol. The molecule has 0 bridgehead atoms. The second kappa shape index (κ2) is 15.8. The Morgan fingerprint density at radius 3 is 1.11 bits per heavy atom. The molecule has 3 atom stereocenters. The molecule has 0 rings (SSSR count). The molecule has 0 aliphatic heterocycles. The molecule has 3 unspecified atom stereocenters. The van der Waals surface area contributed by atoms with E-state index in [4.69, 9.17) is 18.6 Å². The third kappa shape index (κ3) is 7.74. The molecule has 0 heterocycles. The summed E-state index contributed by atoms with van der Waals surface area (Å²) in [4.78, 5) is 0. The van der Waals surface area contributed by atoms with Gasteiger partial charge in [-0.25, -0.2) is 0 Å². The van der Waals surface area contributed by atoms with Crippen molar-refractivity contribution in [3.63, 3.8) is 0 Å². The predicted molar refractivity (Wildman–Crippen MR) is 118 cm³/mol. The lowest BCUT2D eigenvalue weighted by molar-refractivity contribution is -0.190. The first kappa shape index (κ1) is 25.8. The van der Waals surface area contributed by atoms with Crippen LogP contribution in [0.4, 0.5) is 0 Å². The molecule has 0 saturated carbocycles. The zero-order chi connectivity index (χ0) is 20.5. The van der Waals surface area contributed by atoms with E-state index < -0.39 is 5.60 Å². The van der Waals surface area contributed by atoms with Crippen LogP contribution in [0, 0.1) is 0 Å². The Hall–Kier alpha value is -1.20. The van der Waals surface area contributed by atoms with E-state index in [-0.39, 0.29) is 18.3 Å². The minimum atomic E-state index is -0.668. The molecule has 0 aliphatic carbocycles. The average Bonchev–Trinajstić information content (AvgIpc) is 2.69. The Labute approximate surface area is 170 Å². The van der Waals surface area contributed by atoms with Crippen LogP contribution in [0.2, 0.25) is 0 Å². The zero-order valence-corrected chi connectivity index (χ0v) is 20.6. The van der Waals surface area contributed by atoms with Crippen molar-refractivity contribution in [2.75, 3.05) is 0 Å². The van der Waals surface area contributed by atoms with E-state index in [0.29, 0.717) is 10.5 Å². The van der Waals surface area contributed by atoms with Crippen LogP contribution in [0.1, 0.15) is 80.1 Å². The van der Waals surface area contributed by atoms with Crippen molar-refractivity contribution in [3.8, 4) is 0 Å². The van der Waals surface area contributed by atoms with Crippen molar-refractivity contribution < 1.29 is 18.6 Å². The molecule has 0 spiro atoms. The van der Waals surface area contributed by atoms with Crippen molar-refractivity contribution >= 4 is 10.5 Å². The summed E-state index contributed by atoms with van der Waals surface area (Å²) in [6, 6.07) is 0. The molecule has 0 saturated heterocycles. The van der Waals surface area contributed by atoms with Crippen LogP contribution in [0.15, 0.2) is 37.0 Å². The largest absolute Gasteiger partial charge is 0.495 e. The minimum Gasteiger partial charge on any atom is -0.495 e. The van der Waals surface area contributed by atoms with Crippen LogP contribution in [-0.4, -0.2) is 34.4 Å². The summed E-state index contributed by atoms with van der Waals surface area (Å²) < 4.78 is 24.9. The van der Waals surface area contributed by atoms with Gasteiger partial charge in [-0.15, -0.1) is 0 Å². The van der Waals surface area contributed by atoms with E-state index in [1.165, 1.54) is 0 Å². The molecular weight excluding hydrogens is 356 g/mol. The summed E-state index contributed by atoms with van der Waals surface area (Å²) in [6.07, 6.45) is 16.2. The third-order valence-corrected chi connectivity index (χ3v) is 5.41. The first-order valence-corrected chi connectivity index (χ1v) is 11.4. The number of hydrogen-bond donors (Lipinski definition) is 0. The lowest BCUT2D eigenvalue weighted by atomic mass is 9.80. The molecule has 0 aliphatic rings. The molecule has 27 heavy (non-hydrogen) atoms. The summed E-state index contributed by atoms with van der Waals surface area (Å²) in [6.45, 7) is 12.7. The number of rotatable bonds is 16. The molecular formula is C22H42O4Si. The van der Waals surface area contributed by atoms with Gasteiger partial charge in [0.05, 0.1) is 18.8 Å². The molecule has 0 aromatic carbocycles. The summed E-state index contributed by atoms with van der Waals surface area (Å²) in [5.74, 6) is 0. The Kier molecular flexibility index (Phi) is 15.1. The first-order valence-electron chi connectivity index (χ1n) is 10.6. The van der Waals surface area contributed by atoms with Crippen LogP contribution < -0.4 is 0 Å². The van der Waals surface area contributed by atoms with Crippen LogP contribution in [0.3, 0.4) is 0 Å². The van der Waals surface area contributed by atoms with Gasteiger partial charge in [-0.05, 0) is 38.5 Å². The fourth-order valence-corrected chi connectivity index (χ4v) is 4.11. The van der Waals surface area contributed by atoms with Gasteiger partial charge in [0.25, 0.3) is 0 Å². The van der Waals surface area contributed by atoms with Gasteiger partial charge in [-0.3, -0.25) is 0 Å². The van der Waals surface area contributed by atoms with Crippen LogP contribution in [-0.2, 0) is 18.6 Å². The number of allylic oxidation sites excluding steroid dienone is 3. The Morgan fingerprint density at radius 2 is 0.926 bits per heavy atom. The maximum Gasteiger partial charge on any atom is 0.166 e. The van der Waals surface area contributed by atoms with Gasteiger partial charge in [0, 0.05) is 0 Å². The molecule has 0 fully saturated rings. The second-order valence-corrected chi connectivity index (χ2v) is 6.90. The molecule has 0 N–H and O–H groups in total. The summed E-state index contributed by atoms with van der Waals surface area (Å²) in [7, 11) is 0.570. The molecule has 0 amide bonds. The third-order valence-electron chi connectivity index (χ3n) is 4.70. The van der Waals surface area contributed by atoms with Crippen molar-refractivity contribution in [2.24, 2.45) is 0 Å². The fraction of sp³-hybridized carbons (Fsp3) is 0.727. The van der Waals surface area contributed by atoms with Gasteiger partial charge in [0.15, 0.2) is 5.60 Å². The highest BCUT2D eigenvalue weighted by Gasteiger charge is 2.53. The first-order chi connectivity index (χ1) is 13.1. The van der Waals surface area contributed by atoms with Crippen molar-refractivity contribution in [1.82, 2.24) is 0 Å². The molecule has 158 valence electrons. The summed E-state index contributed by atoms with van der Waals surface area (Å²) >= 11 is 0. The maximum atomic E-state index is 6.35.